The molecule has 13 heavy (non-hydrogen) atoms. The number of hydrogen-bond acceptors (Lipinski definition) is 3. The zero-order valence-electron chi connectivity index (χ0n) is 8.53. The topological polar surface area (TPSA) is 18.5 Å². The van der Waals surface area contributed by atoms with Gasteiger partial charge in [-0.2, -0.15) is 0 Å². The van der Waals surface area contributed by atoms with E-state index < -0.39 is 8.56 Å². The molecule has 0 atom stereocenters. The summed E-state index contributed by atoms with van der Waals surface area (Å²) in [4.78, 5) is 0. The first-order valence-electron chi connectivity index (χ1n) is 4.31. The SMILES string of the molecule is CO[Si](OC)(c1cccs1)C(C)C. The van der Waals surface area contributed by atoms with Gasteiger partial charge in [-0.3, -0.25) is 0 Å². The Bertz CT molecular complexity index is 242. The molecule has 0 amide bonds. The van der Waals surface area contributed by atoms with Crippen LogP contribution in [0.2, 0.25) is 5.54 Å². The van der Waals surface area contributed by atoms with E-state index in [-0.39, 0.29) is 0 Å². The van der Waals surface area contributed by atoms with Crippen LogP contribution in [-0.2, 0) is 8.85 Å². The molecular formula is C9H16O2SSi. The minimum atomic E-state index is -2.13. The maximum atomic E-state index is 5.62. The first-order valence-corrected chi connectivity index (χ1v) is 7.09. The molecular weight excluding hydrogens is 200 g/mol. The summed E-state index contributed by atoms with van der Waals surface area (Å²) in [5.41, 5.74) is 0.432. The third-order valence-corrected chi connectivity index (χ3v) is 7.71. The van der Waals surface area contributed by atoms with Crippen LogP contribution >= 0.6 is 11.3 Å². The lowest BCUT2D eigenvalue weighted by atomic mass is 10.6. The Labute approximate surface area is 84.8 Å². The first kappa shape index (κ1) is 10.9. The van der Waals surface area contributed by atoms with E-state index in [0.29, 0.717) is 5.54 Å². The first-order chi connectivity index (χ1) is 6.17. The van der Waals surface area contributed by atoms with Crippen LogP contribution in [0, 0.1) is 0 Å². The highest BCUT2D eigenvalue weighted by Crippen LogP contribution is 2.23. The number of thiophene rings is 1. The van der Waals surface area contributed by atoms with Crippen molar-refractivity contribution in [3.8, 4) is 0 Å². The van der Waals surface area contributed by atoms with E-state index in [1.165, 1.54) is 4.50 Å². The lowest BCUT2D eigenvalue weighted by Crippen LogP contribution is -2.53. The van der Waals surface area contributed by atoms with Crippen LogP contribution in [-0.4, -0.2) is 22.8 Å². The average Bonchev–Trinajstić information content (AvgIpc) is 2.60. The van der Waals surface area contributed by atoms with Gasteiger partial charge < -0.3 is 8.85 Å². The molecule has 74 valence electrons. The van der Waals surface area contributed by atoms with Gasteiger partial charge in [0.05, 0.1) is 0 Å². The Kier molecular flexibility index (Phi) is 3.67. The minimum absolute atomic E-state index is 0.432. The molecule has 1 rings (SSSR count). The molecule has 0 aromatic carbocycles. The highest BCUT2D eigenvalue weighted by atomic mass is 32.1. The lowest BCUT2D eigenvalue weighted by Gasteiger charge is -2.29. The molecule has 0 N–H and O–H groups in total. The van der Waals surface area contributed by atoms with Gasteiger partial charge >= 0.3 is 8.56 Å². The van der Waals surface area contributed by atoms with Crippen LogP contribution < -0.4 is 4.50 Å². The van der Waals surface area contributed by atoms with Crippen molar-refractivity contribution in [2.45, 2.75) is 19.4 Å². The fraction of sp³-hybridized carbons (Fsp3) is 0.556. The lowest BCUT2D eigenvalue weighted by molar-refractivity contribution is 0.249. The van der Waals surface area contributed by atoms with E-state index in [0.717, 1.165) is 0 Å². The Morgan fingerprint density at radius 3 is 2.23 bits per heavy atom. The maximum Gasteiger partial charge on any atom is 0.384 e. The van der Waals surface area contributed by atoms with Gasteiger partial charge in [0, 0.05) is 24.3 Å². The summed E-state index contributed by atoms with van der Waals surface area (Å²) in [7, 11) is 1.36. The van der Waals surface area contributed by atoms with Gasteiger partial charge in [-0.05, 0) is 11.4 Å². The Hall–Kier alpha value is -0.163. The van der Waals surface area contributed by atoms with Crippen molar-refractivity contribution in [3.63, 3.8) is 0 Å². The van der Waals surface area contributed by atoms with Crippen molar-refractivity contribution < 1.29 is 8.85 Å². The summed E-state index contributed by atoms with van der Waals surface area (Å²) in [6.07, 6.45) is 0. The summed E-state index contributed by atoms with van der Waals surface area (Å²) in [6.45, 7) is 4.30. The Morgan fingerprint density at radius 2 is 1.92 bits per heavy atom. The van der Waals surface area contributed by atoms with Gasteiger partial charge in [0.1, 0.15) is 0 Å². The van der Waals surface area contributed by atoms with Crippen molar-refractivity contribution in [2.75, 3.05) is 14.2 Å². The zero-order chi connectivity index (χ0) is 9.90. The Balaban J connectivity index is 3.03. The van der Waals surface area contributed by atoms with Crippen molar-refractivity contribution in [2.24, 2.45) is 0 Å². The largest absolute Gasteiger partial charge is 0.394 e. The van der Waals surface area contributed by atoms with Crippen LogP contribution in [0.25, 0.3) is 0 Å². The van der Waals surface area contributed by atoms with E-state index in [1.54, 1.807) is 25.6 Å². The molecule has 0 saturated heterocycles. The highest BCUT2D eigenvalue weighted by Gasteiger charge is 2.42. The summed E-state index contributed by atoms with van der Waals surface area (Å²) in [6, 6.07) is 4.14. The predicted octanol–water partition coefficient (Wildman–Crippen LogP) is 2.10. The van der Waals surface area contributed by atoms with Crippen LogP contribution in [0.15, 0.2) is 17.5 Å². The van der Waals surface area contributed by atoms with Gasteiger partial charge in [-0.1, -0.05) is 19.9 Å². The molecule has 1 aromatic heterocycles. The second kappa shape index (κ2) is 4.37. The summed E-state index contributed by atoms with van der Waals surface area (Å²) < 4.78 is 12.5. The molecule has 0 saturated carbocycles. The molecule has 1 aromatic rings. The highest BCUT2D eigenvalue weighted by molar-refractivity contribution is 7.23. The van der Waals surface area contributed by atoms with E-state index in [1.807, 2.05) is 6.07 Å². The standard InChI is InChI=1S/C9H16O2SSi/c1-8(2)13(10-3,11-4)9-6-5-7-12-9/h5-8H,1-4H3. The van der Waals surface area contributed by atoms with Crippen molar-refractivity contribution in [1.29, 1.82) is 0 Å². The molecule has 0 aliphatic heterocycles. The summed E-state index contributed by atoms with van der Waals surface area (Å²) in [5, 5.41) is 2.07. The average molecular weight is 216 g/mol. The molecule has 2 nitrogen and oxygen atoms in total. The van der Waals surface area contributed by atoms with Gasteiger partial charge in [0.25, 0.3) is 0 Å². The number of rotatable bonds is 4. The quantitative estimate of drug-likeness (QED) is 0.718. The van der Waals surface area contributed by atoms with Crippen LogP contribution in [0.4, 0.5) is 0 Å². The van der Waals surface area contributed by atoms with E-state index in [4.69, 9.17) is 8.85 Å². The van der Waals surface area contributed by atoms with Gasteiger partial charge in [-0.25, -0.2) is 0 Å². The monoisotopic (exact) mass is 216 g/mol. The third kappa shape index (κ3) is 1.86. The van der Waals surface area contributed by atoms with Crippen LogP contribution in [0.3, 0.4) is 0 Å². The van der Waals surface area contributed by atoms with Crippen molar-refractivity contribution >= 4 is 24.4 Å². The zero-order valence-corrected chi connectivity index (χ0v) is 10.4. The molecule has 0 fully saturated rings. The second-order valence-corrected chi connectivity index (χ2v) is 8.36. The fourth-order valence-corrected chi connectivity index (χ4v) is 6.46. The van der Waals surface area contributed by atoms with Crippen molar-refractivity contribution in [1.82, 2.24) is 0 Å². The van der Waals surface area contributed by atoms with Gasteiger partial charge in [0.15, 0.2) is 0 Å². The minimum Gasteiger partial charge on any atom is -0.394 e. The molecule has 4 heteroatoms. The summed E-state index contributed by atoms with van der Waals surface area (Å²) in [5.74, 6) is 0. The van der Waals surface area contributed by atoms with E-state index >= 15 is 0 Å². The molecule has 0 radical (unpaired) electrons. The predicted molar refractivity (Wildman–Crippen MR) is 58.8 cm³/mol. The maximum absolute atomic E-state index is 5.62. The van der Waals surface area contributed by atoms with Crippen LogP contribution in [0.1, 0.15) is 13.8 Å². The molecule has 1 heterocycles. The molecule has 0 unspecified atom stereocenters. The molecule has 0 spiro atoms. The molecule has 0 bridgehead atoms. The molecule has 0 aliphatic rings. The Morgan fingerprint density at radius 1 is 1.31 bits per heavy atom. The van der Waals surface area contributed by atoms with E-state index in [2.05, 4.69) is 25.3 Å². The fourth-order valence-electron chi connectivity index (χ4n) is 1.52. The van der Waals surface area contributed by atoms with Crippen LogP contribution in [0.5, 0.6) is 0 Å². The van der Waals surface area contributed by atoms with Crippen molar-refractivity contribution in [3.05, 3.63) is 17.5 Å². The summed E-state index contributed by atoms with van der Waals surface area (Å²) >= 11 is 1.72. The van der Waals surface area contributed by atoms with Gasteiger partial charge in [0.2, 0.25) is 0 Å². The van der Waals surface area contributed by atoms with E-state index in [9.17, 15) is 0 Å². The second-order valence-electron chi connectivity index (χ2n) is 3.21. The normalized spacial score (nSPS) is 12.4. The smallest absolute Gasteiger partial charge is 0.384 e. The molecule has 0 aliphatic carbocycles. The van der Waals surface area contributed by atoms with Gasteiger partial charge in [-0.15, -0.1) is 11.3 Å². The third-order valence-electron chi connectivity index (χ3n) is 2.23. The number of hydrogen-bond donors (Lipinski definition) is 0.